The van der Waals surface area contributed by atoms with Crippen LogP contribution in [0.1, 0.15) is 118 Å². The molecule has 1 aliphatic heterocycles. The normalized spacial score (nSPS) is 20.7. The number of rotatable bonds is 4. The van der Waals surface area contributed by atoms with E-state index >= 15 is 0 Å². The summed E-state index contributed by atoms with van der Waals surface area (Å²) >= 11 is 0. The van der Waals surface area contributed by atoms with Crippen molar-refractivity contribution in [3.8, 4) is 0 Å². The van der Waals surface area contributed by atoms with E-state index in [4.69, 9.17) is 0 Å². The van der Waals surface area contributed by atoms with Crippen LogP contribution >= 0.6 is 0 Å². The van der Waals surface area contributed by atoms with Gasteiger partial charge < -0.3 is 5.32 Å². The summed E-state index contributed by atoms with van der Waals surface area (Å²) in [5.41, 5.74) is 9.74. The van der Waals surface area contributed by atoms with Gasteiger partial charge in [0.1, 0.15) is 0 Å². The monoisotopic (exact) mass is 687 g/mol. The molecule has 0 bridgehead atoms. The molecule has 0 saturated carbocycles. The molecule has 5 rings (SSSR count). The molecule has 0 saturated heterocycles. The van der Waals surface area contributed by atoms with Crippen LogP contribution in [0.15, 0.2) is 126 Å². The second-order valence-electron chi connectivity index (χ2n) is 16.3. The quantitative estimate of drug-likeness (QED) is 0.219. The second-order valence-corrected chi connectivity index (χ2v) is 16.3. The van der Waals surface area contributed by atoms with Gasteiger partial charge in [-0.3, -0.25) is 9.59 Å². The average molecular weight is 688 g/mol. The summed E-state index contributed by atoms with van der Waals surface area (Å²) in [6.45, 7) is 30.0. The molecule has 3 aromatic carbocycles. The Bertz CT molecular complexity index is 2170. The zero-order valence-corrected chi connectivity index (χ0v) is 32.6. The van der Waals surface area contributed by atoms with Gasteiger partial charge in [-0.05, 0) is 116 Å². The summed E-state index contributed by atoms with van der Waals surface area (Å²) < 4.78 is 0. The molecule has 2 aliphatic rings. The number of carbonyl (C=O) groups excluding carboxylic acids is 2. The Kier molecular flexibility index (Phi) is 10.5. The van der Waals surface area contributed by atoms with Crippen LogP contribution in [0.3, 0.4) is 0 Å². The van der Waals surface area contributed by atoms with Crippen molar-refractivity contribution in [1.82, 2.24) is 5.32 Å². The lowest BCUT2D eigenvalue weighted by atomic mass is 9.71. The molecular formula is C49H53NO2. The van der Waals surface area contributed by atoms with Crippen molar-refractivity contribution in [3.63, 3.8) is 0 Å². The third kappa shape index (κ3) is 7.23. The number of nitrogens with one attached hydrogen (secondary N) is 1. The predicted octanol–water partition coefficient (Wildman–Crippen LogP) is 12.8. The number of hydrogen-bond donors (Lipinski definition) is 1. The molecule has 52 heavy (non-hydrogen) atoms. The van der Waals surface area contributed by atoms with E-state index in [1.165, 1.54) is 22.3 Å². The van der Waals surface area contributed by atoms with Crippen molar-refractivity contribution in [1.29, 1.82) is 0 Å². The molecule has 0 radical (unpaired) electrons. The predicted molar refractivity (Wildman–Crippen MR) is 224 cm³/mol. The van der Waals surface area contributed by atoms with Gasteiger partial charge in [-0.25, -0.2) is 0 Å². The highest BCUT2D eigenvalue weighted by Crippen LogP contribution is 2.44. The van der Waals surface area contributed by atoms with Gasteiger partial charge in [0.05, 0.1) is 5.57 Å². The number of allylic oxidation sites excluding steroid dienone is 10. The molecule has 1 N–H and O–H groups in total. The topological polar surface area (TPSA) is 46.2 Å². The first-order valence-corrected chi connectivity index (χ1v) is 18.1. The third-order valence-corrected chi connectivity index (χ3v) is 10.2. The van der Waals surface area contributed by atoms with Gasteiger partial charge in [-0.1, -0.05) is 135 Å². The lowest BCUT2D eigenvalue weighted by Crippen LogP contribution is -2.27. The Morgan fingerprint density at radius 3 is 1.92 bits per heavy atom. The maximum atomic E-state index is 13.6. The first-order valence-electron chi connectivity index (χ1n) is 18.1. The SMILES string of the molecule is C=Cc1cc2c(cc1C=C)C(=O)C(=Cc1ccc3c4c(ccc3c1)\C=C(C(C)(C)C)/C=C(C(C)(C)C)\C=C\NC(=C/C=C\C)/C(=C/C)C4(C)C)C2=O. The van der Waals surface area contributed by atoms with Gasteiger partial charge in [-0.2, -0.15) is 0 Å². The zero-order valence-electron chi connectivity index (χ0n) is 32.6. The highest BCUT2D eigenvalue weighted by atomic mass is 16.2. The number of fused-ring (bicyclic) bond motifs is 4. The fraction of sp³-hybridized carbons (Fsp3) is 0.265. The summed E-state index contributed by atoms with van der Waals surface area (Å²) in [7, 11) is 0. The molecule has 266 valence electrons. The maximum Gasteiger partial charge on any atom is 0.197 e. The molecule has 0 unspecified atom stereocenters. The fourth-order valence-corrected chi connectivity index (χ4v) is 7.27. The lowest BCUT2D eigenvalue weighted by Gasteiger charge is -2.34. The first-order chi connectivity index (χ1) is 24.5. The summed E-state index contributed by atoms with van der Waals surface area (Å²) in [5.74, 6) is -0.528. The maximum absolute atomic E-state index is 13.6. The molecule has 0 atom stereocenters. The largest absolute Gasteiger partial charge is 0.361 e. The minimum atomic E-state index is -0.433. The molecule has 1 heterocycles. The van der Waals surface area contributed by atoms with Gasteiger partial charge in [0.25, 0.3) is 0 Å². The highest BCUT2D eigenvalue weighted by molar-refractivity contribution is 6.41. The summed E-state index contributed by atoms with van der Waals surface area (Å²) in [4.78, 5) is 27.2. The molecule has 0 amide bonds. The van der Waals surface area contributed by atoms with E-state index in [0.29, 0.717) is 11.1 Å². The van der Waals surface area contributed by atoms with E-state index in [1.54, 1.807) is 30.4 Å². The van der Waals surface area contributed by atoms with E-state index in [2.05, 4.69) is 148 Å². The van der Waals surface area contributed by atoms with Crippen LogP contribution in [-0.2, 0) is 5.41 Å². The van der Waals surface area contributed by atoms with Crippen molar-refractivity contribution in [3.05, 3.63) is 165 Å². The summed E-state index contributed by atoms with van der Waals surface area (Å²) in [5, 5.41) is 5.81. The van der Waals surface area contributed by atoms with E-state index in [0.717, 1.165) is 38.7 Å². The number of carbonyl (C=O) groups is 2. The van der Waals surface area contributed by atoms with E-state index in [1.807, 2.05) is 19.1 Å². The smallest absolute Gasteiger partial charge is 0.197 e. The van der Waals surface area contributed by atoms with Crippen molar-refractivity contribution in [2.75, 3.05) is 0 Å². The van der Waals surface area contributed by atoms with Crippen LogP contribution < -0.4 is 5.32 Å². The number of Topliss-reactive ketones (excluding diaryl/α,β-unsaturated/α-hetero) is 2. The van der Waals surface area contributed by atoms with Crippen molar-refractivity contribution >= 4 is 46.6 Å². The van der Waals surface area contributed by atoms with Gasteiger partial charge in [0.15, 0.2) is 11.6 Å². The van der Waals surface area contributed by atoms with Crippen LogP contribution in [0, 0.1) is 10.8 Å². The fourth-order valence-electron chi connectivity index (χ4n) is 7.27. The Morgan fingerprint density at radius 1 is 0.769 bits per heavy atom. The molecule has 0 spiro atoms. The van der Waals surface area contributed by atoms with Crippen LogP contribution in [0.5, 0.6) is 0 Å². The van der Waals surface area contributed by atoms with Crippen LogP contribution in [0.25, 0.3) is 35.1 Å². The van der Waals surface area contributed by atoms with Crippen LogP contribution in [-0.4, -0.2) is 11.6 Å². The molecule has 3 aromatic rings. The standard InChI is InChI=1S/C49H53NO2/c1-13-17-18-43-42(16-4)49(11,12)44-35(27-37(48(8,9)10)30-36(23-24-50-43)47(5,6)7)21-20-34-25-31(19-22-38(34)44)26-41-45(51)39-28-32(14-2)33(15-3)29-40(39)46(41)52/h13-30,50H,2-3H2,1,4-12H3/b17-13-,24-23+,36-30+,37-27+,42-16-,43-18+. The first kappa shape index (κ1) is 38.0. The summed E-state index contributed by atoms with van der Waals surface area (Å²) in [6, 6.07) is 14.1. The van der Waals surface area contributed by atoms with Crippen molar-refractivity contribution in [2.45, 2.75) is 74.7 Å². The number of ketones is 2. The van der Waals surface area contributed by atoms with Crippen LogP contribution in [0.2, 0.25) is 0 Å². The lowest BCUT2D eigenvalue weighted by molar-refractivity contribution is 0.0990. The Labute approximate surface area is 311 Å². The Balaban J connectivity index is 1.78. The van der Waals surface area contributed by atoms with Gasteiger partial charge in [0, 0.05) is 28.4 Å². The Morgan fingerprint density at radius 2 is 1.38 bits per heavy atom. The molecule has 3 nitrogen and oxygen atoms in total. The van der Waals surface area contributed by atoms with Crippen molar-refractivity contribution < 1.29 is 9.59 Å². The molecule has 3 heteroatoms. The average Bonchev–Trinajstić information content (AvgIpc) is 3.30. The highest BCUT2D eigenvalue weighted by Gasteiger charge is 2.35. The number of benzene rings is 3. The Hall–Kier alpha value is -5.28. The van der Waals surface area contributed by atoms with Crippen molar-refractivity contribution in [2.24, 2.45) is 10.8 Å². The molecule has 0 aromatic heterocycles. The summed E-state index contributed by atoms with van der Waals surface area (Å²) in [6.07, 6.45) is 22.6. The molecule has 0 fully saturated rings. The molecule has 1 aliphatic carbocycles. The van der Waals surface area contributed by atoms with E-state index in [9.17, 15) is 9.59 Å². The number of hydrogen-bond acceptors (Lipinski definition) is 3. The van der Waals surface area contributed by atoms with Gasteiger partial charge in [0.2, 0.25) is 0 Å². The third-order valence-electron chi connectivity index (χ3n) is 10.2. The van der Waals surface area contributed by atoms with Crippen LogP contribution in [0.4, 0.5) is 0 Å². The van der Waals surface area contributed by atoms with Gasteiger partial charge >= 0.3 is 0 Å². The zero-order chi connectivity index (χ0) is 38.2. The van der Waals surface area contributed by atoms with Gasteiger partial charge in [-0.15, -0.1) is 0 Å². The van der Waals surface area contributed by atoms with E-state index < -0.39 is 5.41 Å². The minimum absolute atomic E-state index is 0.0784. The minimum Gasteiger partial charge on any atom is -0.361 e. The van der Waals surface area contributed by atoms with E-state index in [-0.39, 0.29) is 28.0 Å². The second kappa shape index (κ2) is 14.4. The molecular weight excluding hydrogens is 635 g/mol.